The summed E-state index contributed by atoms with van der Waals surface area (Å²) in [6, 6.07) is 5.54. The summed E-state index contributed by atoms with van der Waals surface area (Å²) in [5.74, 6) is 0.179. The van der Waals surface area contributed by atoms with E-state index < -0.39 is 0 Å². The number of hydrogen-bond acceptors (Lipinski definition) is 3. The van der Waals surface area contributed by atoms with E-state index in [1.807, 2.05) is 12.1 Å². The van der Waals surface area contributed by atoms with Crippen LogP contribution in [0, 0.1) is 5.41 Å². The van der Waals surface area contributed by atoms with Crippen molar-refractivity contribution in [1.29, 1.82) is 0 Å². The lowest BCUT2D eigenvalue weighted by Crippen LogP contribution is -2.39. The topological polar surface area (TPSA) is 49.5 Å². The minimum Gasteiger partial charge on any atom is -0.506 e. The molecule has 1 aromatic rings. The van der Waals surface area contributed by atoms with Gasteiger partial charge in [-0.3, -0.25) is 4.90 Å². The minimum absolute atomic E-state index is 0.179. The van der Waals surface area contributed by atoms with E-state index in [1.54, 1.807) is 6.07 Å². The zero-order valence-corrected chi connectivity index (χ0v) is 12.2. The van der Waals surface area contributed by atoms with Gasteiger partial charge in [-0.25, -0.2) is 0 Å². The Labute approximate surface area is 116 Å². The van der Waals surface area contributed by atoms with E-state index in [0.29, 0.717) is 11.1 Å². The maximum atomic E-state index is 9.44. The van der Waals surface area contributed by atoms with Crippen molar-refractivity contribution in [2.24, 2.45) is 5.41 Å². The Morgan fingerprint density at radius 3 is 2.37 bits per heavy atom. The number of hydrogen-bond donors (Lipinski definition) is 2. The normalized spacial score (nSPS) is 19.5. The summed E-state index contributed by atoms with van der Waals surface area (Å²) in [5.41, 5.74) is 7.99. The average Bonchev–Trinajstić information content (AvgIpc) is 2.44. The molecule has 19 heavy (non-hydrogen) atoms. The highest BCUT2D eigenvalue weighted by molar-refractivity contribution is 5.53. The second kappa shape index (κ2) is 5.83. The molecule has 0 radical (unpaired) electrons. The van der Waals surface area contributed by atoms with E-state index in [9.17, 15) is 5.11 Å². The van der Waals surface area contributed by atoms with Crippen LogP contribution in [-0.4, -0.2) is 23.1 Å². The van der Waals surface area contributed by atoms with Crippen molar-refractivity contribution >= 4 is 5.69 Å². The molecule has 0 saturated carbocycles. The number of piperidine rings is 1. The quantitative estimate of drug-likeness (QED) is 0.646. The van der Waals surface area contributed by atoms with Gasteiger partial charge in [-0.2, -0.15) is 0 Å². The van der Waals surface area contributed by atoms with E-state index in [1.165, 1.54) is 44.3 Å². The summed E-state index contributed by atoms with van der Waals surface area (Å²) in [6.45, 7) is 7.92. The van der Waals surface area contributed by atoms with Crippen molar-refractivity contribution < 1.29 is 5.11 Å². The van der Waals surface area contributed by atoms with E-state index >= 15 is 0 Å². The van der Waals surface area contributed by atoms with Gasteiger partial charge in [0.1, 0.15) is 5.75 Å². The highest BCUT2D eigenvalue weighted by Crippen LogP contribution is 2.38. The molecule has 1 aliphatic heterocycles. The van der Waals surface area contributed by atoms with Crippen molar-refractivity contribution in [3.8, 4) is 5.75 Å². The van der Waals surface area contributed by atoms with Gasteiger partial charge in [0.2, 0.25) is 0 Å². The van der Waals surface area contributed by atoms with Crippen molar-refractivity contribution in [3.63, 3.8) is 0 Å². The Balaban J connectivity index is 1.93. The summed E-state index contributed by atoms with van der Waals surface area (Å²) >= 11 is 0. The Kier molecular flexibility index (Phi) is 4.35. The van der Waals surface area contributed by atoms with Gasteiger partial charge in [-0.1, -0.05) is 32.8 Å². The molecule has 0 bridgehead atoms. The first-order valence-electron chi connectivity index (χ1n) is 7.38. The van der Waals surface area contributed by atoms with Gasteiger partial charge in [-0.15, -0.1) is 0 Å². The van der Waals surface area contributed by atoms with E-state index in [-0.39, 0.29) is 5.75 Å². The maximum absolute atomic E-state index is 9.44. The lowest BCUT2D eigenvalue weighted by molar-refractivity contribution is 0.0909. The van der Waals surface area contributed by atoms with Crippen LogP contribution in [-0.2, 0) is 6.54 Å². The van der Waals surface area contributed by atoms with E-state index in [0.717, 1.165) is 6.54 Å². The Morgan fingerprint density at radius 2 is 1.84 bits per heavy atom. The van der Waals surface area contributed by atoms with Crippen LogP contribution in [0.25, 0.3) is 0 Å². The highest BCUT2D eigenvalue weighted by atomic mass is 16.3. The van der Waals surface area contributed by atoms with Gasteiger partial charge in [0.25, 0.3) is 0 Å². The van der Waals surface area contributed by atoms with Crippen LogP contribution in [0.5, 0.6) is 5.75 Å². The molecule has 0 aromatic heterocycles. The summed E-state index contributed by atoms with van der Waals surface area (Å²) in [5, 5.41) is 9.44. The number of nitrogens with two attached hydrogens (primary N) is 1. The molecule has 0 spiro atoms. The summed E-state index contributed by atoms with van der Waals surface area (Å²) in [7, 11) is 0. The van der Waals surface area contributed by atoms with Gasteiger partial charge >= 0.3 is 0 Å². The second-order valence-electron chi connectivity index (χ2n) is 5.88. The van der Waals surface area contributed by atoms with Crippen LogP contribution in [0.3, 0.4) is 0 Å². The minimum atomic E-state index is 0.179. The molecule has 3 nitrogen and oxygen atoms in total. The van der Waals surface area contributed by atoms with Crippen LogP contribution in [0.15, 0.2) is 18.2 Å². The molecule has 1 heterocycles. The molecule has 0 aliphatic carbocycles. The molecule has 0 atom stereocenters. The van der Waals surface area contributed by atoms with Crippen LogP contribution in [0.2, 0.25) is 0 Å². The first-order chi connectivity index (χ1) is 9.08. The maximum Gasteiger partial charge on any atom is 0.138 e. The summed E-state index contributed by atoms with van der Waals surface area (Å²) in [4.78, 5) is 2.50. The van der Waals surface area contributed by atoms with Crippen LogP contribution < -0.4 is 5.73 Å². The van der Waals surface area contributed by atoms with Gasteiger partial charge in [0.05, 0.1) is 5.69 Å². The third kappa shape index (κ3) is 3.21. The molecule has 0 unspecified atom stereocenters. The third-order valence-corrected chi connectivity index (χ3v) is 4.91. The predicted octanol–water partition coefficient (Wildman–Crippen LogP) is 3.38. The number of benzene rings is 1. The number of phenolic OH excluding ortho intramolecular Hbond substituents is 1. The molecule has 0 amide bonds. The third-order valence-electron chi connectivity index (χ3n) is 4.91. The van der Waals surface area contributed by atoms with Crippen LogP contribution >= 0.6 is 0 Å². The fraction of sp³-hybridized carbons (Fsp3) is 0.625. The number of nitrogen functional groups attached to an aromatic ring is 1. The Bertz CT molecular complexity index is 417. The largest absolute Gasteiger partial charge is 0.506 e. The fourth-order valence-corrected chi connectivity index (χ4v) is 3.10. The Morgan fingerprint density at radius 1 is 1.21 bits per heavy atom. The lowest BCUT2D eigenvalue weighted by atomic mass is 9.74. The van der Waals surface area contributed by atoms with Gasteiger partial charge in [-0.05, 0) is 49.0 Å². The molecular weight excluding hydrogens is 236 g/mol. The summed E-state index contributed by atoms with van der Waals surface area (Å²) < 4.78 is 0. The van der Waals surface area contributed by atoms with Gasteiger partial charge in [0, 0.05) is 6.54 Å². The lowest BCUT2D eigenvalue weighted by Gasteiger charge is -2.41. The average molecular weight is 262 g/mol. The smallest absolute Gasteiger partial charge is 0.138 e. The zero-order valence-electron chi connectivity index (χ0n) is 12.2. The number of likely N-dealkylation sites (tertiary alicyclic amines) is 1. The molecule has 1 fully saturated rings. The van der Waals surface area contributed by atoms with E-state index in [2.05, 4.69) is 18.7 Å². The van der Waals surface area contributed by atoms with Crippen molar-refractivity contribution in [3.05, 3.63) is 23.8 Å². The van der Waals surface area contributed by atoms with Gasteiger partial charge < -0.3 is 10.8 Å². The molecule has 2 rings (SSSR count). The first-order valence-corrected chi connectivity index (χ1v) is 7.38. The number of rotatable bonds is 4. The molecule has 1 saturated heterocycles. The van der Waals surface area contributed by atoms with Gasteiger partial charge in [0.15, 0.2) is 0 Å². The molecule has 1 aromatic carbocycles. The SMILES string of the molecule is CCC1(CC)CCN(Cc2ccc(O)c(N)c2)CC1. The predicted molar refractivity (Wildman–Crippen MR) is 80.0 cm³/mol. The first kappa shape index (κ1) is 14.2. The Hall–Kier alpha value is -1.22. The molecular formula is C16H26N2O. The number of aromatic hydroxyl groups is 1. The van der Waals surface area contributed by atoms with E-state index in [4.69, 9.17) is 5.73 Å². The monoisotopic (exact) mass is 262 g/mol. The highest BCUT2D eigenvalue weighted by Gasteiger charge is 2.30. The number of nitrogens with zero attached hydrogens (tertiary/aromatic N) is 1. The van der Waals surface area contributed by atoms with Crippen molar-refractivity contribution in [1.82, 2.24) is 4.90 Å². The number of phenols is 1. The molecule has 106 valence electrons. The summed E-state index contributed by atoms with van der Waals surface area (Å²) in [6.07, 6.45) is 5.19. The molecule has 1 aliphatic rings. The second-order valence-corrected chi connectivity index (χ2v) is 5.88. The molecule has 3 N–H and O–H groups in total. The van der Waals surface area contributed by atoms with Crippen molar-refractivity contribution in [2.75, 3.05) is 18.8 Å². The standard InChI is InChI=1S/C16H26N2O/c1-3-16(4-2)7-9-18(10-8-16)12-13-5-6-15(19)14(17)11-13/h5-6,11,19H,3-4,7-10,12,17H2,1-2H3. The fourth-order valence-electron chi connectivity index (χ4n) is 3.10. The van der Waals surface area contributed by atoms with Crippen LogP contribution in [0.1, 0.15) is 45.1 Å². The number of anilines is 1. The zero-order chi connectivity index (χ0) is 13.9. The molecule has 3 heteroatoms. The van der Waals surface area contributed by atoms with Crippen LogP contribution in [0.4, 0.5) is 5.69 Å². The van der Waals surface area contributed by atoms with Crippen molar-refractivity contribution in [2.45, 2.75) is 46.1 Å².